The summed E-state index contributed by atoms with van der Waals surface area (Å²) in [5.74, 6) is -0.535. The molecule has 2 unspecified atom stereocenters. The first-order valence-electron chi connectivity index (χ1n) is 41.0. The topological polar surface area (TPSA) is 237 Å². The Hall–Kier alpha value is -1.94. The van der Waals surface area contributed by atoms with Crippen molar-refractivity contribution in [1.82, 2.24) is 0 Å². The minimum absolute atomic E-state index is 0.107. The molecule has 0 aromatic heterocycles. The van der Waals surface area contributed by atoms with Gasteiger partial charge in [-0.25, -0.2) is 9.13 Å². The molecule has 0 radical (unpaired) electrons. The van der Waals surface area contributed by atoms with E-state index in [4.69, 9.17) is 37.0 Å². The minimum atomic E-state index is -4.96. The van der Waals surface area contributed by atoms with Crippen LogP contribution >= 0.6 is 15.6 Å². The van der Waals surface area contributed by atoms with Gasteiger partial charge in [0.2, 0.25) is 0 Å². The van der Waals surface area contributed by atoms with Gasteiger partial charge in [0, 0.05) is 25.7 Å². The molecule has 0 saturated heterocycles. The molecule has 582 valence electrons. The first kappa shape index (κ1) is 96.1. The van der Waals surface area contributed by atoms with Crippen LogP contribution in [-0.2, 0) is 65.4 Å². The van der Waals surface area contributed by atoms with E-state index in [1.54, 1.807) is 0 Å². The van der Waals surface area contributed by atoms with Gasteiger partial charge < -0.3 is 33.8 Å². The largest absolute Gasteiger partial charge is 0.472 e. The maximum atomic E-state index is 13.1. The van der Waals surface area contributed by atoms with Crippen LogP contribution < -0.4 is 0 Å². The van der Waals surface area contributed by atoms with E-state index in [0.717, 1.165) is 108 Å². The van der Waals surface area contributed by atoms with Crippen LogP contribution in [-0.4, -0.2) is 96.7 Å². The van der Waals surface area contributed by atoms with E-state index in [9.17, 15) is 43.2 Å². The zero-order valence-corrected chi connectivity index (χ0v) is 65.9. The lowest BCUT2D eigenvalue weighted by Crippen LogP contribution is -2.30. The SMILES string of the molecule is CCCCCCCCCCCCCCCCCCCCC(=O)O[C@H](COC(=O)CCCCCCCCCCCCCCCC(C)C)COP(=O)(O)OC[C@@H](O)COP(=O)(O)OC[C@@H](COC(=O)CCCCCCCCCC)OC(=O)CCCCCCCCCCCCCCCC(C)C. The molecule has 0 aromatic carbocycles. The van der Waals surface area contributed by atoms with Crippen molar-refractivity contribution in [3.63, 3.8) is 0 Å². The summed E-state index contributed by atoms with van der Waals surface area (Å²) in [5, 5.41) is 10.6. The summed E-state index contributed by atoms with van der Waals surface area (Å²) in [7, 11) is -9.91. The van der Waals surface area contributed by atoms with E-state index < -0.39 is 97.5 Å². The summed E-state index contributed by atoms with van der Waals surface area (Å²) in [6, 6.07) is 0. The fourth-order valence-corrected chi connectivity index (χ4v) is 13.8. The number of carbonyl (C=O) groups is 4. The van der Waals surface area contributed by atoms with Crippen LogP contribution in [0.1, 0.15) is 414 Å². The zero-order chi connectivity index (χ0) is 72.1. The maximum absolute atomic E-state index is 13.1. The van der Waals surface area contributed by atoms with Gasteiger partial charge in [0.15, 0.2) is 12.2 Å². The number of phosphoric ester groups is 2. The lowest BCUT2D eigenvalue weighted by Gasteiger charge is -2.21. The molecular weight excluding hydrogens is 1280 g/mol. The van der Waals surface area contributed by atoms with Gasteiger partial charge >= 0.3 is 39.5 Å². The number of ether oxygens (including phenoxy) is 4. The molecule has 3 N–H and O–H groups in total. The van der Waals surface area contributed by atoms with Crippen molar-refractivity contribution < 1.29 is 80.2 Å². The molecule has 0 rings (SSSR count). The molecule has 0 saturated carbocycles. The molecule has 5 atom stereocenters. The minimum Gasteiger partial charge on any atom is -0.462 e. The monoisotopic (exact) mass is 1440 g/mol. The number of esters is 4. The maximum Gasteiger partial charge on any atom is 0.472 e. The van der Waals surface area contributed by atoms with Gasteiger partial charge in [-0.2, -0.15) is 0 Å². The van der Waals surface area contributed by atoms with Crippen LogP contribution in [0.2, 0.25) is 0 Å². The second-order valence-electron chi connectivity index (χ2n) is 29.4. The van der Waals surface area contributed by atoms with Crippen LogP contribution in [0, 0.1) is 11.8 Å². The smallest absolute Gasteiger partial charge is 0.462 e. The lowest BCUT2D eigenvalue weighted by molar-refractivity contribution is -0.161. The summed E-state index contributed by atoms with van der Waals surface area (Å²) in [6.07, 6.45) is 59.7. The average molecular weight is 1440 g/mol. The van der Waals surface area contributed by atoms with Crippen LogP contribution in [0.3, 0.4) is 0 Å². The summed E-state index contributed by atoms with van der Waals surface area (Å²) >= 11 is 0. The third-order valence-corrected chi connectivity index (χ3v) is 20.4. The average Bonchev–Trinajstić information content (AvgIpc) is 1.05. The molecule has 0 amide bonds. The Morgan fingerprint density at radius 2 is 0.469 bits per heavy atom. The number of hydrogen-bond donors (Lipinski definition) is 3. The standard InChI is InChI=1S/C79H154O17P2/c1-7-9-11-13-15-17-18-19-20-21-22-23-28-34-39-45-51-57-63-79(84)96-75(68-90-77(82)62-56-50-44-38-33-29-24-26-31-36-41-47-53-59-71(3)4)70-94-98(87,88)92-66-73(80)65-91-97(85,86)93-69-74(67-89-76(81)61-55-49-43-16-14-12-10-8-2)95-78(83)64-58-52-46-40-35-30-25-27-32-37-42-48-54-60-72(5)6/h71-75,80H,7-70H2,1-6H3,(H,85,86)(H,87,88)/t73-,74+,75+/m0/s1. The van der Waals surface area contributed by atoms with Gasteiger partial charge in [-0.05, 0) is 37.5 Å². The Morgan fingerprint density at radius 3 is 0.694 bits per heavy atom. The molecule has 0 spiro atoms. The number of unbranched alkanes of at least 4 members (excludes halogenated alkanes) is 48. The van der Waals surface area contributed by atoms with Crippen molar-refractivity contribution in [2.45, 2.75) is 432 Å². The Morgan fingerprint density at radius 1 is 0.276 bits per heavy atom. The summed E-state index contributed by atoms with van der Waals surface area (Å²) in [4.78, 5) is 72.9. The van der Waals surface area contributed by atoms with E-state index in [0.29, 0.717) is 25.7 Å². The summed E-state index contributed by atoms with van der Waals surface area (Å²) in [5.41, 5.74) is 0. The van der Waals surface area contributed by atoms with Gasteiger partial charge in [0.25, 0.3) is 0 Å². The van der Waals surface area contributed by atoms with Crippen molar-refractivity contribution in [3.8, 4) is 0 Å². The van der Waals surface area contributed by atoms with E-state index in [-0.39, 0.29) is 25.7 Å². The van der Waals surface area contributed by atoms with Gasteiger partial charge in [0.05, 0.1) is 26.4 Å². The van der Waals surface area contributed by atoms with E-state index >= 15 is 0 Å². The summed E-state index contributed by atoms with van der Waals surface area (Å²) < 4.78 is 68.6. The number of phosphoric acid groups is 2. The van der Waals surface area contributed by atoms with Crippen molar-refractivity contribution >= 4 is 39.5 Å². The van der Waals surface area contributed by atoms with Crippen LogP contribution in [0.25, 0.3) is 0 Å². The van der Waals surface area contributed by atoms with E-state index in [1.807, 2.05) is 0 Å². The van der Waals surface area contributed by atoms with Crippen molar-refractivity contribution in [2.75, 3.05) is 39.6 Å². The first-order chi connectivity index (χ1) is 47.4. The molecule has 0 aliphatic carbocycles. The van der Waals surface area contributed by atoms with Crippen LogP contribution in [0.5, 0.6) is 0 Å². The van der Waals surface area contributed by atoms with Crippen molar-refractivity contribution in [3.05, 3.63) is 0 Å². The molecule has 0 aromatic rings. The highest BCUT2D eigenvalue weighted by molar-refractivity contribution is 7.47. The first-order valence-corrected chi connectivity index (χ1v) is 44.0. The molecule has 0 fully saturated rings. The number of aliphatic hydroxyl groups excluding tert-OH is 1. The summed E-state index contributed by atoms with van der Waals surface area (Å²) in [6.45, 7) is 9.63. The van der Waals surface area contributed by atoms with E-state index in [2.05, 4.69) is 41.5 Å². The van der Waals surface area contributed by atoms with Gasteiger partial charge in [-0.1, -0.05) is 363 Å². The predicted octanol–water partition coefficient (Wildman–Crippen LogP) is 23.5. The van der Waals surface area contributed by atoms with Crippen molar-refractivity contribution in [2.24, 2.45) is 11.8 Å². The van der Waals surface area contributed by atoms with Crippen molar-refractivity contribution in [1.29, 1.82) is 0 Å². The Bertz CT molecular complexity index is 1890. The van der Waals surface area contributed by atoms with E-state index in [1.165, 1.54) is 225 Å². The van der Waals surface area contributed by atoms with Gasteiger partial charge in [-0.15, -0.1) is 0 Å². The normalized spacial score (nSPS) is 13.9. The lowest BCUT2D eigenvalue weighted by atomic mass is 10.0. The Balaban J connectivity index is 5.21. The highest BCUT2D eigenvalue weighted by atomic mass is 31.2. The zero-order valence-electron chi connectivity index (χ0n) is 64.1. The van der Waals surface area contributed by atoms with Crippen LogP contribution in [0.4, 0.5) is 0 Å². The predicted molar refractivity (Wildman–Crippen MR) is 400 cm³/mol. The van der Waals surface area contributed by atoms with Gasteiger partial charge in [-0.3, -0.25) is 37.3 Å². The number of aliphatic hydroxyl groups is 1. The quantitative estimate of drug-likeness (QED) is 0.0222. The molecule has 19 heteroatoms. The second kappa shape index (κ2) is 70.7. The fourth-order valence-electron chi connectivity index (χ4n) is 12.2. The Labute approximate surface area is 600 Å². The molecular formula is C79H154O17P2. The molecule has 98 heavy (non-hydrogen) atoms. The number of hydrogen-bond acceptors (Lipinski definition) is 15. The highest BCUT2D eigenvalue weighted by Gasteiger charge is 2.30. The molecule has 0 aliphatic rings. The number of carbonyl (C=O) groups excluding carboxylic acids is 4. The van der Waals surface area contributed by atoms with Crippen LogP contribution in [0.15, 0.2) is 0 Å². The third-order valence-electron chi connectivity index (χ3n) is 18.5. The second-order valence-corrected chi connectivity index (χ2v) is 32.3. The molecule has 17 nitrogen and oxygen atoms in total. The Kier molecular flexibility index (Phi) is 69.3. The fraction of sp³-hybridized carbons (Fsp3) is 0.949. The van der Waals surface area contributed by atoms with Gasteiger partial charge in [0.1, 0.15) is 19.3 Å². The molecule has 0 heterocycles. The highest BCUT2D eigenvalue weighted by Crippen LogP contribution is 2.45. The number of rotatable bonds is 78. The molecule has 0 bridgehead atoms. The molecule has 0 aliphatic heterocycles. The third kappa shape index (κ3) is 72.4.